The molecule has 0 bridgehead atoms. The molecule has 0 unspecified atom stereocenters. The monoisotopic (exact) mass is 786 g/mol. The van der Waals surface area contributed by atoms with Crippen LogP contribution in [-0.4, -0.2) is 38.2 Å². The topological polar surface area (TPSA) is 129 Å². The van der Waals surface area contributed by atoms with E-state index in [0.29, 0.717) is 23.3 Å². The van der Waals surface area contributed by atoms with Crippen LogP contribution in [0.1, 0.15) is 44.8 Å². The number of aromatic nitrogens is 4. The minimum absolute atomic E-state index is 0.283. The molecule has 9 heteroatoms. The maximum absolute atomic E-state index is 12.8. The van der Waals surface area contributed by atoms with E-state index in [2.05, 4.69) is 83.4 Å². The van der Waals surface area contributed by atoms with E-state index < -0.39 is 11.1 Å². The quantitative estimate of drug-likeness (QED) is 0.0819. The molecule has 9 nitrogen and oxygen atoms in total. The summed E-state index contributed by atoms with van der Waals surface area (Å²) in [7, 11) is 0. The Kier molecular flexibility index (Phi) is 11.5. The fourth-order valence-electron chi connectivity index (χ4n) is 8.16. The third-order valence-corrected chi connectivity index (χ3v) is 10.7. The maximum atomic E-state index is 12.8. The number of hydrogen-bond donors (Lipinski definition) is 4. The average Bonchev–Trinajstić information content (AvgIpc) is 3.87. The number of carbonyl (C=O) groups is 1. The molecule has 0 aliphatic heterocycles. The van der Waals surface area contributed by atoms with Crippen molar-refractivity contribution in [2.75, 3.05) is 24.6 Å². The van der Waals surface area contributed by atoms with Crippen LogP contribution in [0.25, 0.3) is 12.2 Å². The third kappa shape index (κ3) is 7.59. The number of urea groups is 1. The Hall–Kier alpha value is -7.91. The van der Waals surface area contributed by atoms with Crippen molar-refractivity contribution in [1.82, 2.24) is 29.7 Å². The first-order valence-electron chi connectivity index (χ1n) is 19.9. The fraction of sp³-hybridized carbons (Fsp3) is 0.0784. The standard InChI is InChI=1S/C51H46N8O/c52-47-56-45(37-58(47)50(39-21-7-1-8-22-39,40-23-9-2-10-24-40)41-25-11-3-12-26-41)33-19-35-54-49(60)55-36-20-34-46-38-59(48(53)57-46)51(42-27-13-4-14-28-42,43-29-15-5-16-30-43)44-31-17-6-18-32-44/h1-34,37-38H,35-36H2,(H2,52,56)(H2,53,57)(H2,54,55,60)/b33-19+,34-20+. The van der Waals surface area contributed by atoms with Crippen LogP contribution in [0.3, 0.4) is 0 Å². The molecular weight excluding hydrogens is 741 g/mol. The summed E-state index contributed by atoms with van der Waals surface area (Å²) < 4.78 is 4.06. The highest BCUT2D eigenvalue weighted by molar-refractivity contribution is 5.74. The van der Waals surface area contributed by atoms with Crippen molar-refractivity contribution in [3.8, 4) is 0 Å². The number of nitrogen functional groups attached to an aromatic ring is 2. The summed E-state index contributed by atoms with van der Waals surface area (Å²) in [6, 6.07) is 61.6. The highest BCUT2D eigenvalue weighted by Crippen LogP contribution is 2.44. The lowest BCUT2D eigenvalue weighted by Gasteiger charge is -2.37. The van der Waals surface area contributed by atoms with Gasteiger partial charge in [-0.05, 0) is 45.5 Å². The molecule has 0 spiro atoms. The van der Waals surface area contributed by atoms with Gasteiger partial charge in [-0.3, -0.25) is 9.13 Å². The lowest BCUT2D eigenvalue weighted by Crippen LogP contribution is -2.38. The number of benzene rings is 6. The lowest BCUT2D eigenvalue weighted by molar-refractivity contribution is 0.243. The number of imidazole rings is 2. The van der Waals surface area contributed by atoms with E-state index in [0.717, 1.165) is 33.4 Å². The number of nitrogens with one attached hydrogen (secondary N) is 2. The molecule has 8 aromatic rings. The number of amides is 2. The predicted molar refractivity (Wildman–Crippen MR) is 242 cm³/mol. The molecular formula is C51H46N8O. The number of carbonyl (C=O) groups excluding carboxylic acids is 1. The van der Waals surface area contributed by atoms with E-state index in [1.54, 1.807) is 0 Å². The molecule has 2 amide bonds. The van der Waals surface area contributed by atoms with Crippen molar-refractivity contribution in [3.05, 3.63) is 251 Å². The highest BCUT2D eigenvalue weighted by Gasteiger charge is 2.41. The second-order valence-corrected chi connectivity index (χ2v) is 14.3. The second-order valence-electron chi connectivity index (χ2n) is 14.3. The van der Waals surface area contributed by atoms with Crippen LogP contribution in [0.5, 0.6) is 0 Å². The Morgan fingerprint density at radius 1 is 0.450 bits per heavy atom. The Bertz CT molecular complexity index is 2300. The van der Waals surface area contributed by atoms with Crippen LogP contribution >= 0.6 is 0 Å². The molecule has 296 valence electrons. The van der Waals surface area contributed by atoms with Crippen LogP contribution in [0.4, 0.5) is 16.7 Å². The second kappa shape index (κ2) is 17.7. The number of rotatable bonds is 14. The summed E-state index contributed by atoms with van der Waals surface area (Å²) in [5, 5.41) is 5.78. The van der Waals surface area contributed by atoms with Gasteiger partial charge in [0.2, 0.25) is 11.9 Å². The predicted octanol–water partition coefficient (Wildman–Crippen LogP) is 8.95. The first-order chi connectivity index (χ1) is 29.5. The first kappa shape index (κ1) is 38.9. The molecule has 0 aliphatic carbocycles. The van der Waals surface area contributed by atoms with Gasteiger partial charge in [-0.15, -0.1) is 0 Å². The summed E-state index contributed by atoms with van der Waals surface area (Å²) in [4.78, 5) is 22.3. The van der Waals surface area contributed by atoms with Gasteiger partial charge in [-0.1, -0.05) is 194 Å². The Morgan fingerprint density at radius 3 is 0.950 bits per heavy atom. The maximum Gasteiger partial charge on any atom is 0.315 e. The molecule has 0 atom stereocenters. The van der Waals surface area contributed by atoms with Gasteiger partial charge in [-0.25, -0.2) is 14.8 Å². The van der Waals surface area contributed by atoms with E-state index in [-0.39, 0.29) is 19.1 Å². The van der Waals surface area contributed by atoms with Gasteiger partial charge in [0.25, 0.3) is 0 Å². The molecule has 0 saturated heterocycles. The van der Waals surface area contributed by atoms with E-state index in [1.165, 1.54) is 0 Å². The zero-order valence-corrected chi connectivity index (χ0v) is 33.1. The Labute approximate surface area is 350 Å². The number of nitrogens with two attached hydrogens (primary N) is 2. The van der Waals surface area contributed by atoms with Gasteiger partial charge in [0.15, 0.2) is 0 Å². The molecule has 6 aromatic carbocycles. The molecule has 0 saturated carbocycles. The number of anilines is 2. The smallest absolute Gasteiger partial charge is 0.315 e. The summed E-state index contributed by atoms with van der Waals surface area (Å²) in [6.45, 7) is 0.565. The van der Waals surface area contributed by atoms with Crippen molar-refractivity contribution in [2.24, 2.45) is 0 Å². The van der Waals surface area contributed by atoms with Gasteiger partial charge >= 0.3 is 6.03 Å². The SMILES string of the molecule is Nc1nc(/C=C/CNC(=O)NC/C=C/c2cn(C(c3ccccc3)(c3ccccc3)c3ccccc3)c(N)n2)cn1C(c1ccccc1)(c1ccccc1)c1ccccc1. The van der Waals surface area contributed by atoms with Crippen LogP contribution in [-0.2, 0) is 11.1 Å². The largest absolute Gasteiger partial charge is 0.369 e. The minimum atomic E-state index is -0.780. The molecule has 2 aromatic heterocycles. The van der Waals surface area contributed by atoms with Crippen LogP contribution in [0, 0.1) is 0 Å². The zero-order valence-electron chi connectivity index (χ0n) is 33.1. The van der Waals surface area contributed by atoms with Crippen molar-refractivity contribution < 1.29 is 4.79 Å². The fourth-order valence-corrected chi connectivity index (χ4v) is 8.16. The van der Waals surface area contributed by atoms with Crippen molar-refractivity contribution in [3.63, 3.8) is 0 Å². The Balaban J connectivity index is 0.958. The molecule has 0 fully saturated rings. The van der Waals surface area contributed by atoms with E-state index in [4.69, 9.17) is 21.4 Å². The van der Waals surface area contributed by atoms with Crippen molar-refractivity contribution >= 4 is 30.1 Å². The summed E-state index contributed by atoms with van der Waals surface area (Å²) >= 11 is 0. The Morgan fingerprint density at radius 2 is 0.700 bits per heavy atom. The molecule has 0 radical (unpaired) electrons. The molecule has 0 aliphatic rings. The summed E-state index contributed by atoms with van der Waals surface area (Å²) in [5.41, 5.74) is 19.5. The molecule has 6 N–H and O–H groups in total. The summed E-state index contributed by atoms with van der Waals surface area (Å²) in [6.07, 6.45) is 11.3. The molecule has 2 heterocycles. The molecule has 60 heavy (non-hydrogen) atoms. The molecule has 8 rings (SSSR count). The zero-order chi connectivity index (χ0) is 41.2. The van der Waals surface area contributed by atoms with Crippen molar-refractivity contribution in [2.45, 2.75) is 11.1 Å². The lowest BCUT2D eigenvalue weighted by atomic mass is 9.76. The van der Waals surface area contributed by atoms with Gasteiger partial charge in [-0.2, -0.15) is 0 Å². The summed E-state index contributed by atoms with van der Waals surface area (Å²) in [5.74, 6) is 0.724. The third-order valence-electron chi connectivity index (χ3n) is 10.7. The van der Waals surface area contributed by atoms with Gasteiger partial charge in [0, 0.05) is 25.5 Å². The van der Waals surface area contributed by atoms with Gasteiger partial charge in [0.1, 0.15) is 11.1 Å². The average molecular weight is 787 g/mol. The van der Waals surface area contributed by atoms with E-state index >= 15 is 0 Å². The normalized spacial score (nSPS) is 11.9. The number of hydrogen-bond acceptors (Lipinski definition) is 5. The van der Waals surface area contributed by atoms with E-state index in [1.807, 2.05) is 155 Å². The number of nitrogens with zero attached hydrogens (tertiary/aromatic N) is 4. The highest BCUT2D eigenvalue weighted by atomic mass is 16.2. The minimum Gasteiger partial charge on any atom is -0.369 e. The van der Waals surface area contributed by atoms with Crippen LogP contribution in [0.15, 0.2) is 207 Å². The van der Waals surface area contributed by atoms with Crippen molar-refractivity contribution in [1.29, 1.82) is 0 Å². The van der Waals surface area contributed by atoms with E-state index in [9.17, 15) is 4.79 Å². The van der Waals surface area contributed by atoms with Crippen LogP contribution in [0.2, 0.25) is 0 Å². The van der Waals surface area contributed by atoms with Crippen LogP contribution < -0.4 is 22.1 Å². The van der Waals surface area contributed by atoms with Gasteiger partial charge in [0.05, 0.1) is 11.4 Å². The first-order valence-corrected chi connectivity index (χ1v) is 19.9. The van der Waals surface area contributed by atoms with Gasteiger partial charge < -0.3 is 22.1 Å².